The maximum absolute atomic E-state index is 6.37. The first-order valence-corrected chi connectivity index (χ1v) is 7.60. The number of H-pyrrole nitrogens is 1. The van der Waals surface area contributed by atoms with E-state index in [-0.39, 0.29) is 0 Å². The fourth-order valence-electron chi connectivity index (χ4n) is 2.76. The summed E-state index contributed by atoms with van der Waals surface area (Å²) in [4.78, 5) is 3.70. The quantitative estimate of drug-likeness (QED) is 0.689. The van der Waals surface area contributed by atoms with Gasteiger partial charge in [-0.3, -0.25) is 0 Å². The van der Waals surface area contributed by atoms with Crippen LogP contribution < -0.4 is 5.73 Å². The Balaban J connectivity index is 2.47. The van der Waals surface area contributed by atoms with Gasteiger partial charge < -0.3 is 10.7 Å². The van der Waals surface area contributed by atoms with Crippen molar-refractivity contribution in [1.82, 2.24) is 4.98 Å². The summed E-state index contributed by atoms with van der Waals surface area (Å²) in [6, 6.07) is 14.0. The summed E-state index contributed by atoms with van der Waals surface area (Å²) in [5.41, 5.74) is 11.0. The second kappa shape index (κ2) is 5.51. The zero-order chi connectivity index (χ0) is 15.0. The lowest BCUT2D eigenvalue weighted by Crippen LogP contribution is -2.11. The summed E-state index contributed by atoms with van der Waals surface area (Å²) < 4.78 is 0. The van der Waals surface area contributed by atoms with Gasteiger partial charge in [0, 0.05) is 21.5 Å². The molecule has 0 aliphatic carbocycles. The van der Waals surface area contributed by atoms with Crippen LogP contribution >= 0.6 is 23.8 Å². The molecule has 2 nitrogen and oxygen atoms in total. The van der Waals surface area contributed by atoms with Crippen molar-refractivity contribution in [2.24, 2.45) is 5.73 Å². The highest BCUT2D eigenvalue weighted by atomic mass is 35.5. The van der Waals surface area contributed by atoms with Gasteiger partial charge in [0.1, 0.15) is 4.99 Å². The first kappa shape index (κ1) is 14.1. The van der Waals surface area contributed by atoms with Gasteiger partial charge in [-0.05, 0) is 29.7 Å². The third kappa shape index (κ3) is 2.33. The number of aromatic nitrogens is 1. The van der Waals surface area contributed by atoms with Gasteiger partial charge in [0.2, 0.25) is 0 Å². The van der Waals surface area contributed by atoms with Crippen LogP contribution in [0.3, 0.4) is 0 Å². The Hall–Kier alpha value is -1.84. The van der Waals surface area contributed by atoms with Gasteiger partial charge >= 0.3 is 0 Å². The summed E-state index contributed by atoms with van der Waals surface area (Å²) in [7, 11) is 0. The first-order chi connectivity index (χ1) is 10.1. The summed E-state index contributed by atoms with van der Waals surface area (Å²) in [6.07, 6.45) is 0.852. The molecule has 3 rings (SSSR count). The Morgan fingerprint density at radius 3 is 2.52 bits per heavy atom. The number of fused-ring (bicyclic) bond motifs is 1. The van der Waals surface area contributed by atoms with Gasteiger partial charge in [-0.1, -0.05) is 61.1 Å². The van der Waals surface area contributed by atoms with E-state index in [2.05, 4.69) is 24.0 Å². The Bertz CT molecular complexity index is 822. The number of rotatable bonds is 3. The van der Waals surface area contributed by atoms with Crippen LogP contribution in [0.4, 0.5) is 0 Å². The van der Waals surface area contributed by atoms with Crippen LogP contribution in [0.5, 0.6) is 0 Å². The van der Waals surface area contributed by atoms with Crippen molar-refractivity contribution in [1.29, 1.82) is 0 Å². The Morgan fingerprint density at radius 2 is 1.90 bits per heavy atom. The van der Waals surface area contributed by atoms with Crippen molar-refractivity contribution in [2.75, 3.05) is 0 Å². The average molecular weight is 315 g/mol. The number of nitrogens with two attached hydrogens (primary N) is 1. The first-order valence-electron chi connectivity index (χ1n) is 6.81. The number of benzene rings is 2. The zero-order valence-corrected chi connectivity index (χ0v) is 13.2. The fourth-order valence-corrected chi connectivity index (χ4v) is 3.20. The molecule has 0 unspecified atom stereocenters. The molecule has 0 bridgehead atoms. The highest BCUT2D eigenvalue weighted by Gasteiger charge is 2.18. The van der Waals surface area contributed by atoms with Crippen LogP contribution in [0.15, 0.2) is 42.5 Å². The molecule has 0 saturated heterocycles. The van der Waals surface area contributed by atoms with Crippen LogP contribution in [0.1, 0.15) is 18.2 Å². The fraction of sp³-hybridized carbons (Fsp3) is 0.118. The molecule has 3 aromatic rings. The van der Waals surface area contributed by atoms with Crippen molar-refractivity contribution in [3.63, 3.8) is 0 Å². The van der Waals surface area contributed by atoms with Crippen molar-refractivity contribution in [2.45, 2.75) is 13.3 Å². The van der Waals surface area contributed by atoms with E-state index in [1.165, 1.54) is 0 Å². The highest BCUT2D eigenvalue weighted by molar-refractivity contribution is 7.80. The van der Waals surface area contributed by atoms with E-state index < -0.39 is 0 Å². The predicted molar refractivity (Wildman–Crippen MR) is 94.0 cm³/mol. The Labute approximate surface area is 133 Å². The molecule has 0 saturated carbocycles. The standard InChI is InChI=1S/C17H15ClN2S/c1-2-11-12(18)8-9-13-15(11)14(16(20-13)17(19)21)10-6-4-3-5-7-10/h3-9,20H,2H2,1H3,(H2,19,21). The lowest BCUT2D eigenvalue weighted by atomic mass is 9.97. The van der Waals surface area contributed by atoms with Gasteiger partial charge in [-0.15, -0.1) is 0 Å². The minimum absolute atomic E-state index is 0.364. The number of thiocarbonyl (C=S) groups is 1. The van der Waals surface area contributed by atoms with E-state index in [9.17, 15) is 0 Å². The Morgan fingerprint density at radius 1 is 1.19 bits per heavy atom. The van der Waals surface area contributed by atoms with E-state index in [0.29, 0.717) is 4.99 Å². The van der Waals surface area contributed by atoms with Gasteiger partial charge in [-0.2, -0.15) is 0 Å². The average Bonchev–Trinajstić information content (AvgIpc) is 2.88. The summed E-state index contributed by atoms with van der Waals surface area (Å²) in [5.74, 6) is 0. The van der Waals surface area contributed by atoms with Crippen LogP contribution in [-0.2, 0) is 6.42 Å². The summed E-state index contributed by atoms with van der Waals surface area (Å²) >= 11 is 11.6. The summed E-state index contributed by atoms with van der Waals surface area (Å²) in [5, 5.41) is 1.88. The van der Waals surface area contributed by atoms with Crippen LogP contribution in [-0.4, -0.2) is 9.97 Å². The molecule has 0 atom stereocenters. The minimum atomic E-state index is 0.364. The molecule has 21 heavy (non-hydrogen) atoms. The molecule has 0 radical (unpaired) electrons. The predicted octanol–water partition coefficient (Wildman–Crippen LogP) is 4.68. The molecule has 0 spiro atoms. The van der Waals surface area contributed by atoms with Crippen molar-refractivity contribution >= 4 is 39.7 Å². The molecule has 106 valence electrons. The Kier molecular flexibility index (Phi) is 3.70. The van der Waals surface area contributed by atoms with Crippen molar-refractivity contribution in [3.05, 3.63) is 58.7 Å². The second-order valence-corrected chi connectivity index (χ2v) is 5.75. The smallest absolute Gasteiger partial charge is 0.121 e. The maximum atomic E-state index is 6.37. The molecule has 0 amide bonds. The molecular formula is C17H15ClN2S. The zero-order valence-electron chi connectivity index (χ0n) is 11.6. The van der Waals surface area contributed by atoms with E-state index in [4.69, 9.17) is 29.6 Å². The lowest BCUT2D eigenvalue weighted by Gasteiger charge is -2.08. The van der Waals surface area contributed by atoms with Gasteiger partial charge in [0.05, 0.1) is 5.69 Å². The van der Waals surface area contributed by atoms with E-state index in [0.717, 1.165) is 44.7 Å². The summed E-state index contributed by atoms with van der Waals surface area (Å²) in [6.45, 7) is 2.10. The van der Waals surface area contributed by atoms with Gasteiger partial charge in [0.25, 0.3) is 0 Å². The molecule has 0 aliphatic heterocycles. The third-order valence-corrected chi connectivity index (χ3v) is 4.24. The third-order valence-electron chi connectivity index (χ3n) is 3.68. The maximum Gasteiger partial charge on any atom is 0.121 e. The SMILES string of the molecule is CCc1c(Cl)ccc2[nH]c(C(N)=S)c(-c3ccccc3)c12. The normalized spacial score (nSPS) is 11.0. The number of aromatic amines is 1. The van der Waals surface area contributed by atoms with Crippen molar-refractivity contribution < 1.29 is 0 Å². The molecule has 2 aromatic carbocycles. The number of hydrogen-bond donors (Lipinski definition) is 2. The number of halogens is 1. The number of nitrogens with one attached hydrogen (secondary N) is 1. The van der Waals surface area contributed by atoms with E-state index >= 15 is 0 Å². The van der Waals surface area contributed by atoms with Crippen LogP contribution in [0.2, 0.25) is 5.02 Å². The molecule has 3 N–H and O–H groups in total. The minimum Gasteiger partial charge on any atom is -0.388 e. The lowest BCUT2D eigenvalue weighted by molar-refractivity contribution is 1.16. The molecular weight excluding hydrogens is 300 g/mol. The number of aryl methyl sites for hydroxylation is 1. The van der Waals surface area contributed by atoms with Crippen LogP contribution in [0.25, 0.3) is 22.0 Å². The van der Waals surface area contributed by atoms with Crippen molar-refractivity contribution in [3.8, 4) is 11.1 Å². The monoisotopic (exact) mass is 314 g/mol. The van der Waals surface area contributed by atoms with Gasteiger partial charge in [0.15, 0.2) is 0 Å². The van der Waals surface area contributed by atoms with E-state index in [1.54, 1.807) is 0 Å². The highest BCUT2D eigenvalue weighted by Crippen LogP contribution is 2.37. The molecule has 1 heterocycles. The molecule has 0 fully saturated rings. The largest absolute Gasteiger partial charge is 0.388 e. The van der Waals surface area contributed by atoms with Gasteiger partial charge in [-0.25, -0.2) is 0 Å². The topological polar surface area (TPSA) is 41.8 Å². The molecule has 1 aromatic heterocycles. The molecule has 0 aliphatic rings. The van der Waals surface area contributed by atoms with E-state index in [1.807, 2.05) is 30.3 Å². The second-order valence-electron chi connectivity index (χ2n) is 4.91. The number of hydrogen-bond acceptors (Lipinski definition) is 1. The molecule has 4 heteroatoms. The van der Waals surface area contributed by atoms with Crippen LogP contribution in [0, 0.1) is 0 Å².